The topological polar surface area (TPSA) is 81.7 Å². The summed E-state index contributed by atoms with van der Waals surface area (Å²) in [5, 5.41) is 15.5. The molecule has 148 valence electrons. The van der Waals surface area contributed by atoms with Crippen LogP contribution in [0.1, 0.15) is 24.0 Å². The molecule has 1 fully saturated rings. The Morgan fingerprint density at radius 3 is 2.32 bits per heavy atom. The number of benzene rings is 2. The second kappa shape index (κ2) is 8.89. The smallest absolute Gasteiger partial charge is 0.238 e. The van der Waals surface area contributed by atoms with Gasteiger partial charge in [-0.3, -0.25) is 14.5 Å². The number of piperidine rings is 1. The second-order valence-corrected chi connectivity index (χ2v) is 7.48. The molecule has 0 radical (unpaired) electrons. The van der Waals surface area contributed by atoms with E-state index < -0.39 is 0 Å². The molecule has 2 aromatic carbocycles. The van der Waals surface area contributed by atoms with Crippen LogP contribution in [-0.4, -0.2) is 41.5 Å². The van der Waals surface area contributed by atoms with Gasteiger partial charge in [0.05, 0.1) is 12.2 Å². The Bertz CT molecular complexity index is 838. The fraction of sp³-hybridized carbons (Fsp3) is 0.364. The van der Waals surface area contributed by atoms with Gasteiger partial charge >= 0.3 is 0 Å². The molecule has 1 aliphatic heterocycles. The highest BCUT2D eigenvalue weighted by atomic mass is 16.3. The van der Waals surface area contributed by atoms with Crippen LogP contribution in [0.5, 0.6) is 5.75 Å². The molecular formula is C22H27N3O3. The van der Waals surface area contributed by atoms with E-state index in [-0.39, 0.29) is 23.5 Å². The Morgan fingerprint density at radius 2 is 1.68 bits per heavy atom. The predicted molar refractivity (Wildman–Crippen MR) is 110 cm³/mol. The highest BCUT2D eigenvalue weighted by Crippen LogP contribution is 2.24. The van der Waals surface area contributed by atoms with E-state index in [0.29, 0.717) is 38.2 Å². The van der Waals surface area contributed by atoms with E-state index in [4.69, 9.17) is 0 Å². The van der Waals surface area contributed by atoms with E-state index in [1.807, 2.05) is 26.0 Å². The molecule has 3 rings (SSSR count). The van der Waals surface area contributed by atoms with Gasteiger partial charge in [-0.25, -0.2) is 0 Å². The molecule has 0 aliphatic carbocycles. The van der Waals surface area contributed by atoms with Gasteiger partial charge in [-0.05, 0) is 75.2 Å². The molecule has 0 bridgehead atoms. The number of aryl methyl sites for hydroxylation is 2. The number of carbonyl (C=O) groups excluding carboxylic acids is 2. The molecule has 2 aromatic rings. The van der Waals surface area contributed by atoms with Crippen molar-refractivity contribution in [2.24, 2.45) is 5.92 Å². The van der Waals surface area contributed by atoms with Gasteiger partial charge in [-0.15, -0.1) is 0 Å². The number of likely N-dealkylation sites (tertiary alicyclic amines) is 1. The maximum absolute atomic E-state index is 12.4. The maximum atomic E-state index is 12.4. The lowest BCUT2D eigenvalue weighted by atomic mass is 9.95. The fourth-order valence-electron chi connectivity index (χ4n) is 3.62. The van der Waals surface area contributed by atoms with E-state index in [9.17, 15) is 14.7 Å². The number of aromatic hydroxyl groups is 1. The summed E-state index contributed by atoms with van der Waals surface area (Å²) in [6.45, 7) is 5.72. The first kappa shape index (κ1) is 19.9. The molecule has 6 nitrogen and oxygen atoms in total. The van der Waals surface area contributed by atoms with Crippen molar-refractivity contribution in [3.63, 3.8) is 0 Å². The normalized spacial score (nSPS) is 15.2. The first-order valence-electron chi connectivity index (χ1n) is 9.60. The van der Waals surface area contributed by atoms with E-state index in [2.05, 4.69) is 21.6 Å². The van der Waals surface area contributed by atoms with Crippen LogP contribution in [0.4, 0.5) is 11.4 Å². The fourth-order valence-corrected chi connectivity index (χ4v) is 3.62. The largest absolute Gasteiger partial charge is 0.506 e. The Kier molecular flexibility index (Phi) is 6.31. The Morgan fingerprint density at radius 1 is 1.04 bits per heavy atom. The monoisotopic (exact) mass is 381 g/mol. The number of hydrogen-bond donors (Lipinski definition) is 3. The third-order valence-electron chi connectivity index (χ3n) is 4.99. The van der Waals surface area contributed by atoms with Crippen molar-refractivity contribution in [3.8, 4) is 5.75 Å². The Hall–Kier alpha value is -2.86. The van der Waals surface area contributed by atoms with Gasteiger partial charge in [0.2, 0.25) is 11.8 Å². The third-order valence-corrected chi connectivity index (χ3v) is 4.99. The zero-order valence-corrected chi connectivity index (χ0v) is 16.4. The number of nitrogens with one attached hydrogen (secondary N) is 2. The van der Waals surface area contributed by atoms with E-state index in [1.165, 1.54) is 0 Å². The summed E-state index contributed by atoms with van der Waals surface area (Å²) in [5.41, 5.74) is 3.49. The number of phenolic OH excluding ortho intramolecular Hbond substituents is 1. The van der Waals surface area contributed by atoms with Gasteiger partial charge in [0.1, 0.15) is 5.75 Å². The average molecular weight is 381 g/mol. The van der Waals surface area contributed by atoms with Gasteiger partial charge in [0.15, 0.2) is 0 Å². The molecule has 2 amide bonds. The van der Waals surface area contributed by atoms with Crippen LogP contribution in [0.2, 0.25) is 0 Å². The van der Waals surface area contributed by atoms with Gasteiger partial charge in [-0.1, -0.05) is 18.2 Å². The lowest BCUT2D eigenvalue weighted by Gasteiger charge is -2.30. The van der Waals surface area contributed by atoms with Crippen molar-refractivity contribution < 1.29 is 14.7 Å². The van der Waals surface area contributed by atoms with Crippen molar-refractivity contribution in [2.45, 2.75) is 26.7 Å². The first-order chi connectivity index (χ1) is 13.4. The van der Waals surface area contributed by atoms with Crippen LogP contribution in [0.3, 0.4) is 0 Å². The highest BCUT2D eigenvalue weighted by Gasteiger charge is 2.26. The molecule has 0 atom stereocenters. The molecule has 0 saturated carbocycles. The minimum Gasteiger partial charge on any atom is -0.506 e. The van der Waals surface area contributed by atoms with Crippen LogP contribution in [-0.2, 0) is 9.59 Å². The number of anilines is 2. The molecule has 0 unspecified atom stereocenters. The summed E-state index contributed by atoms with van der Waals surface area (Å²) in [6, 6.07) is 12.7. The van der Waals surface area contributed by atoms with Crippen molar-refractivity contribution in [1.82, 2.24) is 4.90 Å². The van der Waals surface area contributed by atoms with Crippen LogP contribution < -0.4 is 10.6 Å². The van der Waals surface area contributed by atoms with Gasteiger partial charge < -0.3 is 15.7 Å². The standard InChI is InChI=1S/C22H27N3O3/c1-15-11-16(2)13-18(12-15)23-21(27)14-25-9-7-17(8-10-25)22(28)24-19-5-3-4-6-20(19)26/h3-6,11-13,17,26H,7-10,14H2,1-2H3,(H,23,27)(H,24,28). The first-order valence-corrected chi connectivity index (χ1v) is 9.60. The molecule has 0 aromatic heterocycles. The summed E-state index contributed by atoms with van der Waals surface area (Å²) < 4.78 is 0. The van der Waals surface area contributed by atoms with Crippen LogP contribution in [0.25, 0.3) is 0 Å². The molecule has 0 spiro atoms. The Labute approximate surface area is 165 Å². The van der Waals surface area contributed by atoms with Crippen LogP contribution in [0, 0.1) is 19.8 Å². The zero-order chi connectivity index (χ0) is 20.1. The van der Waals surface area contributed by atoms with Gasteiger partial charge in [0, 0.05) is 11.6 Å². The molecule has 3 N–H and O–H groups in total. The van der Waals surface area contributed by atoms with Crippen molar-refractivity contribution in [2.75, 3.05) is 30.3 Å². The summed E-state index contributed by atoms with van der Waals surface area (Å²) in [5.74, 6) is -0.169. The molecular weight excluding hydrogens is 354 g/mol. The van der Waals surface area contributed by atoms with Crippen LogP contribution >= 0.6 is 0 Å². The van der Waals surface area contributed by atoms with Crippen LogP contribution in [0.15, 0.2) is 42.5 Å². The minimum atomic E-state index is -0.113. The van der Waals surface area contributed by atoms with Crippen molar-refractivity contribution in [1.29, 1.82) is 0 Å². The number of phenols is 1. The molecule has 6 heteroatoms. The number of carbonyl (C=O) groups is 2. The average Bonchev–Trinajstić information content (AvgIpc) is 2.63. The Balaban J connectivity index is 1.46. The second-order valence-electron chi connectivity index (χ2n) is 7.48. The molecule has 1 aliphatic rings. The quantitative estimate of drug-likeness (QED) is 0.694. The maximum Gasteiger partial charge on any atom is 0.238 e. The molecule has 28 heavy (non-hydrogen) atoms. The van der Waals surface area contributed by atoms with Crippen molar-refractivity contribution in [3.05, 3.63) is 53.6 Å². The number of nitrogens with zero attached hydrogens (tertiary/aromatic N) is 1. The number of rotatable bonds is 5. The van der Waals surface area contributed by atoms with E-state index in [0.717, 1.165) is 16.8 Å². The third kappa shape index (κ3) is 5.33. The van der Waals surface area contributed by atoms with E-state index in [1.54, 1.807) is 24.3 Å². The minimum absolute atomic E-state index is 0.0397. The summed E-state index contributed by atoms with van der Waals surface area (Å²) >= 11 is 0. The number of amides is 2. The van der Waals surface area contributed by atoms with Crippen molar-refractivity contribution >= 4 is 23.2 Å². The van der Waals surface area contributed by atoms with E-state index >= 15 is 0 Å². The highest BCUT2D eigenvalue weighted by molar-refractivity contribution is 5.94. The zero-order valence-electron chi connectivity index (χ0n) is 16.4. The summed E-state index contributed by atoms with van der Waals surface area (Å²) in [7, 11) is 0. The number of hydrogen-bond acceptors (Lipinski definition) is 4. The lowest BCUT2D eigenvalue weighted by Crippen LogP contribution is -2.41. The summed E-state index contributed by atoms with van der Waals surface area (Å²) in [6.07, 6.45) is 1.38. The number of para-hydroxylation sites is 2. The van der Waals surface area contributed by atoms with Gasteiger partial charge in [0.25, 0.3) is 0 Å². The molecule has 1 heterocycles. The predicted octanol–water partition coefficient (Wildman–Crippen LogP) is 3.30. The van der Waals surface area contributed by atoms with Gasteiger partial charge in [-0.2, -0.15) is 0 Å². The summed E-state index contributed by atoms with van der Waals surface area (Å²) in [4.78, 5) is 26.8. The SMILES string of the molecule is Cc1cc(C)cc(NC(=O)CN2CCC(C(=O)Nc3ccccc3O)CC2)c1. The molecule has 1 saturated heterocycles. The lowest BCUT2D eigenvalue weighted by molar-refractivity contribution is -0.121.